The zero-order valence-electron chi connectivity index (χ0n) is 11.5. The average molecular weight is 266 g/mol. The Hall–Kier alpha value is -1.43. The molecule has 1 atom stereocenters. The van der Waals surface area contributed by atoms with E-state index in [1.165, 1.54) is 31.9 Å². The van der Waals surface area contributed by atoms with Crippen LogP contribution in [0.3, 0.4) is 0 Å². The van der Waals surface area contributed by atoms with E-state index in [0.717, 1.165) is 25.6 Å². The molecule has 1 aliphatic heterocycles. The van der Waals surface area contributed by atoms with E-state index in [1.807, 2.05) is 0 Å². The Morgan fingerprint density at radius 3 is 2.95 bits per heavy atom. The van der Waals surface area contributed by atoms with Gasteiger partial charge in [-0.15, -0.1) is 5.10 Å². The Labute approximate surface area is 113 Å². The van der Waals surface area contributed by atoms with Crippen molar-refractivity contribution in [2.75, 3.05) is 19.6 Å². The van der Waals surface area contributed by atoms with E-state index >= 15 is 0 Å². The Kier molecular flexibility index (Phi) is 4.90. The van der Waals surface area contributed by atoms with Crippen LogP contribution in [-0.2, 0) is 6.54 Å². The third-order valence-corrected chi connectivity index (χ3v) is 3.92. The lowest BCUT2D eigenvalue weighted by Gasteiger charge is -2.19. The van der Waals surface area contributed by atoms with Crippen LogP contribution in [0.2, 0.25) is 0 Å². The van der Waals surface area contributed by atoms with Gasteiger partial charge < -0.3 is 10.0 Å². The normalized spacial score (nSPS) is 21.2. The van der Waals surface area contributed by atoms with Crippen LogP contribution in [0.4, 0.5) is 0 Å². The molecule has 0 radical (unpaired) electrons. The molecule has 1 N–H and O–H groups in total. The highest BCUT2D eigenvalue weighted by Crippen LogP contribution is 2.19. The van der Waals surface area contributed by atoms with Crippen LogP contribution in [0.1, 0.15) is 43.1 Å². The van der Waals surface area contributed by atoms with Gasteiger partial charge in [0.25, 0.3) is 0 Å². The van der Waals surface area contributed by atoms with E-state index in [2.05, 4.69) is 22.1 Å². The summed E-state index contributed by atoms with van der Waals surface area (Å²) in [5, 5.41) is 16.2. The van der Waals surface area contributed by atoms with Crippen molar-refractivity contribution < 1.29 is 9.90 Å². The second-order valence-corrected chi connectivity index (χ2v) is 5.22. The Balaban J connectivity index is 1.79. The molecule has 6 heteroatoms. The number of carboxylic acid groups (broad SMARTS) is 1. The van der Waals surface area contributed by atoms with Gasteiger partial charge in [-0.1, -0.05) is 18.6 Å². The lowest BCUT2D eigenvalue weighted by Crippen LogP contribution is -2.28. The first-order chi connectivity index (χ1) is 9.19. The number of nitrogens with zero attached hydrogens (tertiary/aromatic N) is 4. The van der Waals surface area contributed by atoms with Gasteiger partial charge in [-0.3, -0.25) is 4.68 Å². The van der Waals surface area contributed by atoms with Gasteiger partial charge in [-0.05, 0) is 38.3 Å². The van der Waals surface area contributed by atoms with Crippen molar-refractivity contribution in [1.82, 2.24) is 19.9 Å². The third-order valence-electron chi connectivity index (χ3n) is 3.92. The quantitative estimate of drug-likeness (QED) is 0.874. The molecule has 0 saturated carbocycles. The Bertz CT molecular complexity index is 419. The summed E-state index contributed by atoms with van der Waals surface area (Å²) >= 11 is 0. The van der Waals surface area contributed by atoms with E-state index in [0.29, 0.717) is 6.54 Å². The van der Waals surface area contributed by atoms with E-state index < -0.39 is 5.97 Å². The number of carbonyl (C=O) groups is 1. The van der Waals surface area contributed by atoms with Gasteiger partial charge in [-0.25, -0.2) is 4.79 Å². The maximum Gasteiger partial charge on any atom is 0.358 e. The van der Waals surface area contributed by atoms with Crippen LogP contribution in [-0.4, -0.2) is 50.6 Å². The highest BCUT2D eigenvalue weighted by molar-refractivity contribution is 5.84. The highest BCUT2D eigenvalue weighted by Gasteiger charge is 2.15. The molecule has 1 unspecified atom stereocenters. The van der Waals surface area contributed by atoms with Gasteiger partial charge in [-0.2, -0.15) is 0 Å². The smallest absolute Gasteiger partial charge is 0.358 e. The van der Waals surface area contributed by atoms with Crippen LogP contribution in [0, 0.1) is 5.92 Å². The van der Waals surface area contributed by atoms with Crippen LogP contribution < -0.4 is 0 Å². The summed E-state index contributed by atoms with van der Waals surface area (Å²) in [7, 11) is 0. The number of hydrogen-bond acceptors (Lipinski definition) is 4. The van der Waals surface area contributed by atoms with E-state index in [-0.39, 0.29) is 5.69 Å². The van der Waals surface area contributed by atoms with Gasteiger partial charge in [0.2, 0.25) is 0 Å². The van der Waals surface area contributed by atoms with Crippen molar-refractivity contribution in [2.45, 2.75) is 39.2 Å². The summed E-state index contributed by atoms with van der Waals surface area (Å²) in [5.74, 6) is -0.151. The number of rotatable bonds is 5. The molecule has 106 valence electrons. The second kappa shape index (κ2) is 6.65. The minimum atomic E-state index is -1.02. The van der Waals surface area contributed by atoms with Gasteiger partial charge in [0.1, 0.15) is 0 Å². The molecule has 19 heavy (non-hydrogen) atoms. The van der Waals surface area contributed by atoms with E-state index in [9.17, 15) is 4.79 Å². The Morgan fingerprint density at radius 1 is 1.42 bits per heavy atom. The molecule has 0 amide bonds. The third kappa shape index (κ3) is 4.02. The first-order valence-corrected chi connectivity index (χ1v) is 7.04. The summed E-state index contributed by atoms with van der Waals surface area (Å²) in [6.45, 7) is 6.16. The number of carboxylic acids is 1. The molecule has 0 aliphatic carbocycles. The molecule has 1 aliphatic rings. The molecule has 0 bridgehead atoms. The molecule has 1 aromatic heterocycles. The summed E-state index contributed by atoms with van der Waals surface area (Å²) in [4.78, 5) is 13.2. The minimum absolute atomic E-state index is 0.0157. The van der Waals surface area contributed by atoms with Crippen molar-refractivity contribution in [3.63, 3.8) is 0 Å². The monoisotopic (exact) mass is 266 g/mol. The van der Waals surface area contributed by atoms with Gasteiger partial charge >= 0.3 is 5.97 Å². The summed E-state index contributed by atoms with van der Waals surface area (Å²) < 4.78 is 1.62. The maximum absolute atomic E-state index is 10.7. The number of aromatic carboxylic acids is 1. The van der Waals surface area contributed by atoms with Gasteiger partial charge in [0, 0.05) is 6.54 Å². The summed E-state index contributed by atoms with van der Waals surface area (Å²) in [6, 6.07) is 0. The molecule has 1 saturated heterocycles. The summed E-state index contributed by atoms with van der Waals surface area (Å²) in [5.41, 5.74) is 0.0157. The highest BCUT2D eigenvalue weighted by atomic mass is 16.4. The predicted molar refractivity (Wildman–Crippen MR) is 71.1 cm³/mol. The summed E-state index contributed by atoms with van der Waals surface area (Å²) in [6.07, 6.45) is 6.64. The van der Waals surface area contributed by atoms with E-state index in [1.54, 1.807) is 4.68 Å². The molecule has 0 spiro atoms. The van der Waals surface area contributed by atoms with Crippen molar-refractivity contribution in [3.8, 4) is 0 Å². The number of aromatic nitrogens is 3. The molecule has 6 nitrogen and oxygen atoms in total. The van der Waals surface area contributed by atoms with Crippen molar-refractivity contribution in [3.05, 3.63) is 11.9 Å². The SMILES string of the molecule is CCC1CCCN(CCn2cc(C(=O)O)nn2)CC1. The Morgan fingerprint density at radius 2 is 2.26 bits per heavy atom. The largest absolute Gasteiger partial charge is 0.476 e. The molecular weight excluding hydrogens is 244 g/mol. The van der Waals surface area contributed by atoms with E-state index in [4.69, 9.17) is 5.11 Å². The topological polar surface area (TPSA) is 71.2 Å². The van der Waals surface area contributed by atoms with Crippen molar-refractivity contribution in [1.29, 1.82) is 0 Å². The van der Waals surface area contributed by atoms with Crippen LogP contribution >= 0.6 is 0 Å². The first kappa shape index (κ1) is 14.0. The fourth-order valence-electron chi connectivity index (χ4n) is 2.61. The molecule has 1 aromatic rings. The van der Waals surface area contributed by atoms with Crippen molar-refractivity contribution in [2.24, 2.45) is 5.92 Å². The number of likely N-dealkylation sites (tertiary alicyclic amines) is 1. The second-order valence-electron chi connectivity index (χ2n) is 5.22. The van der Waals surface area contributed by atoms with Gasteiger partial charge in [0.05, 0.1) is 12.7 Å². The van der Waals surface area contributed by atoms with Crippen LogP contribution in [0.25, 0.3) is 0 Å². The predicted octanol–water partition coefficient (Wildman–Crippen LogP) is 1.49. The first-order valence-electron chi connectivity index (χ1n) is 7.04. The van der Waals surface area contributed by atoms with Crippen LogP contribution in [0.5, 0.6) is 0 Å². The fraction of sp³-hybridized carbons (Fsp3) is 0.769. The molecule has 2 heterocycles. The lowest BCUT2D eigenvalue weighted by atomic mass is 9.98. The standard InChI is InChI=1S/C13H22N4O2/c1-2-11-4-3-6-16(7-5-11)8-9-17-10-12(13(18)19)14-15-17/h10-11H,2-9H2,1H3,(H,18,19). The van der Waals surface area contributed by atoms with Crippen LogP contribution in [0.15, 0.2) is 6.20 Å². The fourth-order valence-corrected chi connectivity index (χ4v) is 2.61. The van der Waals surface area contributed by atoms with Crippen molar-refractivity contribution >= 4 is 5.97 Å². The zero-order chi connectivity index (χ0) is 13.7. The zero-order valence-corrected chi connectivity index (χ0v) is 11.5. The average Bonchev–Trinajstić information content (AvgIpc) is 2.76. The minimum Gasteiger partial charge on any atom is -0.476 e. The molecule has 2 rings (SSSR count). The lowest BCUT2D eigenvalue weighted by molar-refractivity contribution is 0.0690. The molecular formula is C13H22N4O2. The number of hydrogen-bond donors (Lipinski definition) is 1. The van der Waals surface area contributed by atoms with Gasteiger partial charge in [0.15, 0.2) is 5.69 Å². The molecule has 1 fully saturated rings. The maximum atomic E-state index is 10.7. The molecule has 0 aromatic carbocycles.